The smallest absolute Gasteiger partial charge is 0.252 e. The number of amides is 1. The first-order valence-electron chi connectivity index (χ1n) is 9.02. The van der Waals surface area contributed by atoms with Crippen molar-refractivity contribution in [3.8, 4) is 5.75 Å². The topological polar surface area (TPSA) is 59.6 Å². The van der Waals surface area contributed by atoms with Crippen LogP contribution in [0.4, 0.5) is 0 Å². The maximum absolute atomic E-state index is 12.7. The van der Waals surface area contributed by atoms with Crippen LogP contribution in [-0.2, 0) is 16.1 Å². The van der Waals surface area contributed by atoms with Crippen molar-refractivity contribution in [3.63, 3.8) is 0 Å². The van der Waals surface area contributed by atoms with Gasteiger partial charge in [-0.2, -0.15) is 0 Å². The summed E-state index contributed by atoms with van der Waals surface area (Å²) in [6.45, 7) is 2.09. The standard InChI is InChI=1S/C19H28N2O3/c1-23-19(10-12-20-13-11-19)18(22)21-14-15-6-2-5-9-17(15)24-16-7-3-4-8-16/h2,5-6,9,16,20H,3-4,7-8,10-14H2,1H3,(H,21,22). The van der Waals surface area contributed by atoms with Gasteiger partial charge in [-0.25, -0.2) is 0 Å². The SMILES string of the molecule is COC1(C(=O)NCc2ccccc2OC2CCCC2)CCNCC1. The first-order valence-corrected chi connectivity index (χ1v) is 9.02. The summed E-state index contributed by atoms with van der Waals surface area (Å²) in [6.07, 6.45) is 6.46. The third-order valence-corrected chi connectivity index (χ3v) is 5.22. The lowest BCUT2D eigenvalue weighted by molar-refractivity contribution is -0.146. The summed E-state index contributed by atoms with van der Waals surface area (Å²) < 4.78 is 11.7. The highest BCUT2D eigenvalue weighted by Crippen LogP contribution is 2.27. The number of carbonyl (C=O) groups is 1. The van der Waals surface area contributed by atoms with Crippen LogP contribution in [0.15, 0.2) is 24.3 Å². The predicted molar refractivity (Wildman–Crippen MR) is 93.0 cm³/mol. The normalized spacial score (nSPS) is 20.7. The van der Waals surface area contributed by atoms with Crippen molar-refractivity contribution >= 4 is 5.91 Å². The van der Waals surface area contributed by atoms with Crippen molar-refractivity contribution in [2.45, 2.75) is 56.8 Å². The molecule has 1 saturated carbocycles. The summed E-state index contributed by atoms with van der Waals surface area (Å²) >= 11 is 0. The molecule has 0 unspecified atom stereocenters. The number of hydrogen-bond acceptors (Lipinski definition) is 4. The van der Waals surface area contributed by atoms with Gasteiger partial charge < -0.3 is 20.1 Å². The van der Waals surface area contributed by atoms with Crippen LogP contribution >= 0.6 is 0 Å². The van der Waals surface area contributed by atoms with Gasteiger partial charge in [0.1, 0.15) is 11.4 Å². The van der Waals surface area contributed by atoms with Gasteiger partial charge in [-0.3, -0.25) is 4.79 Å². The number of hydrogen-bond donors (Lipinski definition) is 2. The molecule has 1 aromatic rings. The van der Waals surface area contributed by atoms with Crippen LogP contribution in [0.3, 0.4) is 0 Å². The first-order chi connectivity index (χ1) is 11.7. The highest BCUT2D eigenvalue weighted by Gasteiger charge is 2.39. The number of benzene rings is 1. The van der Waals surface area contributed by atoms with Gasteiger partial charge in [0, 0.05) is 19.2 Å². The number of carbonyl (C=O) groups excluding carboxylic acids is 1. The predicted octanol–water partition coefficient (Wildman–Crippen LogP) is 2.39. The van der Waals surface area contributed by atoms with Crippen LogP contribution in [0.2, 0.25) is 0 Å². The van der Waals surface area contributed by atoms with Gasteiger partial charge in [-0.15, -0.1) is 0 Å². The fourth-order valence-corrected chi connectivity index (χ4v) is 3.64. The Labute approximate surface area is 144 Å². The van der Waals surface area contributed by atoms with Crippen molar-refractivity contribution in [1.82, 2.24) is 10.6 Å². The van der Waals surface area contributed by atoms with E-state index in [1.54, 1.807) is 7.11 Å². The summed E-state index contributed by atoms with van der Waals surface area (Å²) in [5.74, 6) is 0.864. The minimum atomic E-state index is -0.702. The van der Waals surface area contributed by atoms with E-state index in [9.17, 15) is 4.79 Å². The van der Waals surface area contributed by atoms with Crippen molar-refractivity contribution in [3.05, 3.63) is 29.8 Å². The number of para-hydroxylation sites is 1. The van der Waals surface area contributed by atoms with Crippen LogP contribution in [-0.4, -0.2) is 37.8 Å². The molecule has 1 aliphatic carbocycles. The fraction of sp³-hybridized carbons (Fsp3) is 0.632. The summed E-state index contributed by atoms with van der Waals surface area (Å²) in [7, 11) is 1.63. The summed E-state index contributed by atoms with van der Waals surface area (Å²) in [6, 6.07) is 7.99. The van der Waals surface area contributed by atoms with Crippen LogP contribution in [0.25, 0.3) is 0 Å². The van der Waals surface area contributed by atoms with E-state index < -0.39 is 5.60 Å². The minimum Gasteiger partial charge on any atom is -0.490 e. The Bertz CT molecular complexity index is 549. The Morgan fingerprint density at radius 2 is 1.96 bits per heavy atom. The quantitative estimate of drug-likeness (QED) is 0.840. The largest absolute Gasteiger partial charge is 0.490 e. The van der Waals surface area contributed by atoms with Crippen LogP contribution in [0.1, 0.15) is 44.1 Å². The zero-order valence-electron chi connectivity index (χ0n) is 14.5. The summed E-state index contributed by atoms with van der Waals surface area (Å²) in [5, 5.41) is 6.33. The molecular weight excluding hydrogens is 304 g/mol. The van der Waals surface area contributed by atoms with Gasteiger partial charge in [-0.05, 0) is 57.7 Å². The van der Waals surface area contributed by atoms with Crippen molar-refractivity contribution < 1.29 is 14.3 Å². The second-order valence-electron chi connectivity index (χ2n) is 6.76. The van der Waals surface area contributed by atoms with E-state index in [2.05, 4.69) is 10.6 Å². The van der Waals surface area contributed by atoms with E-state index in [4.69, 9.17) is 9.47 Å². The average molecular weight is 332 g/mol. The number of ether oxygens (including phenoxy) is 2. The van der Waals surface area contributed by atoms with E-state index >= 15 is 0 Å². The van der Waals surface area contributed by atoms with Gasteiger partial charge in [0.25, 0.3) is 5.91 Å². The average Bonchev–Trinajstić information content (AvgIpc) is 3.14. The minimum absolute atomic E-state index is 0.0258. The van der Waals surface area contributed by atoms with Gasteiger partial charge >= 0.3 is 0 Å². The first kappa shape index (κ1) is 17.2. The molecule has 0 spiro atoms. The maximum atomic E-state index is 12.7. The number of piperidine rings is 1. The molecule has 1 saturated heterocycles. The molecule has 5 heteroatoms. The molecule has 24 heavy (non-hydrogen) atoms. The molecule has 1 amide bonds. The molecule has 1 heterocycles. The van der Waals surface area contributed by atoms with Crippen LogP contribution < -0.4 is 15.4 Å². The van der Waals surface area contributed by atoms with E-state index in [0.29, 0.717) is 25.5 Å². The van der Waals surface area contributed by atoms with E-state index in [0.717, 1.165) is 37.2 Å². The molecule has 0 atom stereocenters. The van der Waals surface area contributed by atoms with Crippen molar-refractivity contribution in [1.29, 1.82) is 0 Å². The van der Waals surface area contributed by atoms with Gasteiger partial charge in [0.2, 0.25) is 0 Å². The second kappa shape index (κ2) is 7.99. The number of rotatable bonds is 6. The molecule has 2 aliphatic rings. The molecule has 2 N–H and O–H groups in total. The van der Waals surface area contributed by atoms with Gasteiger partial charge in [0.15, 0.2) is 0 Å². The third kappa shape index (κ3) is 3.90. The van der Waals surface area contributed by atoms with Crippen molar-refractivity contribution in [2.75, 3.05) is 20.2 Å². The summed E-state index contributed by atoms with van der Waals surface area (Å²) in [5.41, 5.74) is 0.324. The highest BCUT2D eigenvalue weighted by atomic mass is 16.5. The Hall–Kier alpha value is -1.59. The van der Waals surface area contributed by atoms with Gasteiger partial charge in [0.05, 0.1) is 6.10 Å². The molecule has 0 radical (unpaired) electrons. The molecule has 3 rings (SSSR count). The summed E-state index contributed by atoms with van der Waals surface area (Å²) in [4.78, 5) is 12.7. The zero-order chi connectivity index (χ0) is 16.8. The molecule has 2 fully saturated rings. The second-order valence-corrected chi connectivity index (χ2v) is 6.76. The third-order valence-electron chi connectivity index (χ3n) is 5.22. The maximum Gasteiger partial charge on any atom is 0.252 e. The van der Waals surface area contributed by atoms with Crippen LogP contribution in [0, 0.1) is 0 Å². The Balaban J connectivity index is 1.62. The lowest BCUT2D eigenvalue weighted by Crippen LogP contribution is -2.53. The van der Waals surface area contributed by atoms with E-state index in [-0.39, 0.29) is 5.91 Å². The number of methoxy groups -OCH3 is 1. The van der Waals surface area contributed by atoms with Gasteiger partial charge in [-0.1, -0.05) is 18.2 Å². The van der Waals surface area contributed by atoms with Crippen LogP contribution in [0.5, 0.6) is 5.75 Å². The Morgan fingerprint density at radius 3 is 2.67 bits per heavy atom. The molecule has 1 aromatic carbocycles. The Morgan fingerprint density at radius 1 is 1.25 bits per heavy atom. The highest BCUT2D eigenvalue weighted by molar-refractivity contribution is 5.85. The van der Waals surface area contributed by atoms with Crippen molar-refractivity contribution in [2.24, 2.45) is 0 Å². The molecule has 132 valence electrons. The van der Waals surface area contributed by atoms with E-state index in [1.807, 2.05) is 24.3 Å². The lowest BCUT2D eigenvalue weighted by atomic mass is 9.91. The molecule has 0 aromatic heterocycles. The fourth-order valence-electron chi connectivity index (χ4n) is 3.64. The zero-order valence-corrected chi connectivity index (χ0v) is 14.5. The monoisotopic (exact) mass is 332 g/mol. The number of nitrogens with one attached hydrogen (secondary N) is 2. The lowest BCUT2D eigenvalue weighted by Gasteiger charge is -2.34. The van der Waals surface area contributed by atoms with E-state index in [1.165, 1.54) is 12.8 Å². The Kier molecular flexibility index (Phi) is 5.74. The molecular formula is C19H28N2O3. The molecule has 5 nitrogen and oxygen atoms in total. The molecule has 0 bridgehead atoms. The molecule has 1 aliphatic heterocycles.